The second-order valence-electron chi connectivity index (χ2n) is 7.83. The summed E-state index contributed by atoms with van der Waals surface area (Å²) in [7, 11) is 1.84. The molecule has 4 rings (SSSR count). The van der Waals surface area contributed by atoms with E-state index in [0.29, 0.717) is 23.1 Å². The summed E-state index contributed by atoms with van der Waals surface area (Å²) < 4.78 is 7.70. The number of aromatic nitrogens is 2. The van der Waals surface area contributed by atoms with Gasteiger partial charge in [-0.05, 0) is 29.7 Å². The molecule has 0 radical (unpaired) electrons. The molecule has 0 spiro atoms. The van der Waals surface area contributed by atoms with Gasteiger partial charge in [-0.15, -0.1) is 0 Å². The number of amides is 1. The summed E-state index contributed by atoms with van der Waals surface area (Å²) >= 11 is 1.52. The van der Waals surface area contributed by atoms with Crippen molar-refractivity contribution in [3.05, 3.63) is 81.6 Å². The van der Waals surface area contributed by atoms with Gasteiger partial charge >= 0.3 is 0 Å². The van der Waals surface area contributed by atoms with Gasteiger partial charge in [0, 0.05) is 31.6 Å². The number of benzene rings is 2. The van der Waals surface area contributed by atoms with Gasteiger partial charge in [0.05, 0.1) is 12.2 Å². The second-order valence-corrected chi connectivity index (χ2v) is 8.89. The van der Waals surface area contributed by atoms with Gasteiger partial charge in [-0.3, -0.25) is 9.59 Å². The zero-order chi connectivity index (χ0) is 22.5. The van der Waals surface area contributed by atoms with Crippen LogP contribution >= 0.6 is 11.8 Å². The van der Waals surface area contributed by atoms with Crippen molar-refractivity contribution in [3.8, 4) is 5.75 Å². The van der Waals surface area contributed by atoms with Crippen molar-refractivity contribution in [2.75, 3.05) is 17.7 Å². The maximum Gasteiger partial charge on any atom is 0.279 e. The van der Waals surface area contributed by atoms with Crippen LogP contribution in [0.4, 0.5) is 5.82 Å². The predicted octanol–water partition coefficient (Wildman–Crippen LogP) is 4.38. The molecule has 1 N–H and O–H groups in total. The number of nitrogens with one attached hydrogen (secondary N) is 1. The van der Waals surface area contributed by atoms with Gasteiger partial charge in [0.25, 0.3) is 5.56 Å². The normalized spacial score (nSPS) is 15.2. The first-order valence-corrected chi connectivity index (χ1v) is 11.9. The predicted molar refractivity (Wildman–Crippen MR) is 128 cm³/mol. The Balaban J connectivity index is 1.53. The van der Waals surface area contributed by atoms with Gasteiger partial charge in [-0.25, -0.2) is 0 Å². The molecule has 0 fully saturated rings. The molecular formula is C25H27N3O3S. The highest BCUT2D eigenvalue weighted by Gasteiger charge is 2.32. The van der Waals surface area contributed by atoms with Crippen LogP contribution in [0.15, 0.2) is 64.5 Å². The lowest BCUT2D eigenvalue weighted by molar-refractivity contribution is -0.116. The fourth-order valence-electron chi connectivity index (χ4n) is 3.87. The lowest BCUT2D eigenvalue weighted by atomic mass is 9.87. The van der Waals surface area contributed by atoms with E-state index in [4.69, 9.17) is 4.74 Å². The topological polar surface area (TPSA) is 73.2 Å². The van der Waals surface area contributed by atoms with Gasteiger partial charge in [0.2, 0.25) is 5.91 Å². The summed E-state index contributed by atoms with van der Waals surface area (Å²) in [5.74, 6) is 1.75. The standard InChI is InChI=1S/C25H27N3O3S/c1-3-15-32-25-27-24(30)22-20(16-21(29)26-23(22)28(25)2)18-9-11-19(12-10-18)31-14-13-17-7-5-4-6-8-17/h4-12,20H,3,13-16H2,1-2H3,(H,26,29). The molecule has 1 aliphatic rings. The zero-order valence-corrected chi connectivity index (χ0v) is 19.2. The number of carbonyl (C=O) groups is 1. The molecule has 2 heterocycles. The number of rotatable bonds is 8. The Bertz CT molecular complexity index is 1140. The first-order chi connectivity index (χ1) is 15.6. The van der Waals surface area contributed by atoms with Crippen molar-refractivity contribution in [1.82, 2.24) is 9.55 Å². The number of nitrogens with zero attached hydrogens (tertiary/aromatic N) is 2. The fourth-order valence-corrected chi connectivity index (χ4v) is 4.69. The molecule has 1 unspecified atom stereocenters. The SMILES string of the molecule is CCCSc1nc(=O)c2c(n1C)NC(=O)CC2c1ccc(OCCc2ccccc2)cc1. The highest BCUT2D eigenvalue weighted by molar-refractivity contribution is 7.99. The first kappa shape index (κ1) is 22.1. The Labute approximate surface area is 192 Å². The third-order valence-corrected chi connectivity index (χ3v) is 6.76. The first-order valence-electron chi connectivity index (χ1n) is 10.9. The second kappa shape index (κ2) is 10.0. The van der Waals surface area contributed by atoms with Crippen LogP contribution in [0.25, 0.3) is 0 Å². The van der Waals surface area contributed by atoms with Gasteiger partial charge in [-0.1, -0.05) is 61.2 Å². The molecule has 2 aromatic carbocycles. The lowest BCUT2D eigenvalue weighted by Gasteiger charge is -2.27. The molecule has 3 aromatic rings. The molecular weight excluding hydrogens is 422 g/mol. The van der Waals surface area contributed by atoms with Crippen molar-refractivity contribution in [1.29, 1.82) is 0 Å². The highest BCUT2D eigenvalue weighted by Crippen LogP contribution is 2.36. The summed E-state index contributed by atoms with van der Waals surface area (Å²) in [5, 5.41) is 3.51. The lowest BCUT2D eigenvalue weighted by Crippen LogP contribution is -2.33. The maximum atomic E-state index is 12.9. The van der Waals surface area contributed by atoms with Gasteiger partial charge in [0.15, 0.2) is 5.16 Å². The van der Waals surface area contributed by atoms with Crippen LogP contribution in [0.1, 0.15) is 42.4 Å². The van der Waals surface area contributed by atoms with Crippen LogP contribution in [0.2, 0.25) is 0 Å². The number of carbonyl (C=O) groups excluding carboxylic acids is 1. The largest absolute Gasteiger partial charge is 0.493 e. The Morgan fingerprint density at radius 3 is 2.59 bits per heavy atom. The van der Waals surface area contributed by atoms with Gasteiger partial charge in [-0.2, -0.15) is 4.98 Å². The van der Waals surface area contributed by atoms with Crippen LogP contribution in [0.3, 0.4) is 0 Å². The number of ether oxygens (including phenoxy) is 1. The molecule has 0 aliphatic carbocycles. The number of anilines is 1. The third-order valence-electron chi connectivity index (χ3n) is 5.52. The Morgan fingerprint density at radius 2 is 1.88 bits per heavy atom. The molecule has 32 heavy (non-hydrogen) atoms. The quantitative estimate of drug-likeness (QED) is 0.408. The number of thioether (sulfide) groups is 1. The van der Waals surface area contributed by atoms with Gasteiger partial charge in [0.1, 0.15) is 11.6 Å². The molecule has 6 nitrogen and oxygen atoms in total. The van der Waals surface area contributed by atoms with Crippen LogP contribution < -0.4 is 15.6 Å². The minimum atomic E-state index is -0.325. The minimum absolute atomic E-state index is 0.0988. The van der Waals surface area contributed by atoms with E-state index >= 15 is 0 Å². The molecule has 1 aromatic heterocycles. The zero-order valence-electron chi connectivity index (χ0n) is 18.3. The van der Waals surface area contributed by atoms with Gasteiger partial charge < -0.3 is 14.6 Å². The third kappa shape index (κ3) is 4.88. The van der Waals surface area contributed by atoms with E-state index in [1.54, 1.807) is 0 Å². The fraction of sp³-hybridized carbons (Fsp3) is 0.320. The molecule has 0 saturated heterocycles. The number of hydrogen-bond acceptors (Lipinski definition) is 5. The molecule has 0 saturated carbocycles. The highest BCUT2D eigenvalue weighted by atomic mass is 32.2. The summed E-state index contributed by atoms with van der Waals surface area (Å²) in [6.07, 6.45) is 2.03. The van der Waals surface area contributed by atoms with E-state index in [9.17, 15) is 9.59 Å². The molecule has 0 bridgehead atoms. The van der Waals surface area contributed by atoms with Crippen molar-refractivity contribution >= 4 is 23.5 Å². The Kier molecular flexibility index (Phi) is 6.95. The molecule has 7 heteroatoms. The molecule has 1 amide bonds. The van der Waals surface area contributed by atoms with E-state index in [1.807, 2.05) is 54.1 Å². The van der Waals surface area contributed by atoms with Crippen LogP contribution in [0.5, 0.6) is 5.75 Å². The van der Waals surface area contributed by atoms with E-state index in [0.717, 1.165) is 29.9 Å². The van der Waals surface area contributed by atoms with E-state index in [2.05, 4.69) is 29.4 Å². The van der Waals surface area contributed by atoms with E-state index in [-0.39, 0.29) is 23.8 Å². The maximum absolute atomic E-state index is 12.9. The summed E-state index contributed by atoms with van der Waals surface area (Å²) in [5.41, 5.74) is 2.41. The number of hydrogen-bond donors (Lipinski definition) is 1. The van der Waals surface area contributed by atoms with Crippen LogP contribution in [0, 0.1) is 0 Å². The minimum Gasteiger partial charge on any atom is -0.493 e. The van der Waals surface area contributed by atoms with Crippen molar-refractivity contribution < 1.29 is 9.53 Å². The van der Waals surface area contributed by atoms with Crippen LogP contribution in [-0.2, 0) is 18.3 Å². The smallest absolute Gasteiger partial charge is 0.279 e. The molecule has 1 atom stereocenters. The van der Waals surface area contributed by atoms with Crippen molar-refractivity contribution in [2.24, 2.45) is 7.05 Å². The van der Waals surface area contributed by atoms with Crippen molar-refractivity contribution in [3.63, 3.8) is 0 Å². The van der Waals surface area contributed by atoms with E-state index in [1.165, 1.54) is 17.3 Å². The molecule has 166 valence electrons. The van der Waals surface area contributed by atoms with E-state index < -0.39 is 0 Å². The van der Waals surface area contributed by atoms with Crippen molar-refractivity contribution in [2.45, 2.75) is 37.3 Å². The van der Waals surface area contributed by atoms with Crippen LogP contribution in [-0.4, -0.2) is 27.8 Å². The Morgan fingerprint density at radius 1 is 1.12 bits per heavy atom. The monoisotopic (exact) mass is 449 g/mol. The average molecular weight is 450 g/mol. The average Bonchev–Trinajstić information content (AvgIpc) is 2.81. The summed E-state index contributed by atoms with van der Waals surface area (Å²) in [6.45, 7) is 2.66. The number of fused-ring (bicyclic) bond motifs is 1. The summed E-state index contributed by atoms with van der Waals surface area (Å²) in [4.78, 5) is 29.7. The Hall–Kier alpha value is -3.06. The summed E-state index contributed by atoms with van der Waals surface area (Å²) in [6, 6.07) is 17.9. The molecule has 1 aliphatic heterocycles.